The highest BCUT2D eigenvalue weighted by Gasteiger charge is 2.23. The average Bonchev–Trinajstić information content (AvgIpc) is 2.28. The third-order valence-electron chi connectivity index (χ3n) is 2.70. The Morgan fingerprint density at radius 1 is 1.41 bits per heavy atom. The van der Waals surface area contributed by atoms with Crippen LogP contribution in [0.4, 0.5) is 0 Å². The van der Waals surface area contributed by atoms with E-state index in [2.05, 4.69) is 5.32 Å². The van der Waals surface area contributed by atoms with Crippen LogP contribution < -0.4 is 10.1 Å². The summed E-state index contributed by atoms with van der Waals surface area (Å²) in [6.07, 6.45) is 0. The van der Waals surface area contributed by atoms with E-state index in [9.17, 15) is 4.79 Å². The van der Waals surface area contributed by atoms with Gasteiger partial charge in [0.05, 0.1) is 18.2 Å². The van der Waals surface area contributed by atoms with Gasteiger partial charge in [0.2, 0.25) is 0 Å². The molecule has 1 aromatic carbocycles. The van der Waals surface area contributed by atoms with Crippen LogP contribution in [-0.4, -0.2) is 26.0 Å². The van der Waals surface area contributed by atoms with Crippen LogP contribution in [0.15, 0.2) is 18.2 Å². The molecule has 3 nitrogen and oxygen atoms in total. The monoisotopic (exact) mass is 255 g/mol. The predicted octanol–water partition coefficient (Wildman–Crippen LogP) is 2.78. The van der Waals surface area contributed by atoms with Gasteiger partial charge in [-0.05, 0) is 31.2 Å². The zero-order valence-corrected chi connectivity index (χ0v) is 11.3. The highest BCUT2D eigenvalue weighted by Crippen LogP contribution is 2.24. The molecular formula is C13H18ClNO2. The molecule has 0 aliphatic heterocycles. The van der Waals surface area contributed by atoms with Crippen LogP contribution in [0.1, 0.15) is 24.2 Å². The quantitative estimate of drug-likeness (QED) is 0.823. The molecule has 1 N–H and O–H groups in total. The van der Waals surface area contributed by atoms with E-state index in [4.69, 9.17) is 16.3 Å². The molecule has 4 heteroatoms. The average molecular weight is 256 g/mol. The van der Waals surface area contributed by atoms with Gasteiger partial charge in [0, 0.05) is 5.56 Å². The zero-order valence-electron chi connectivity index (χ0n) is 10.6. The normalized spacial score (nSPS) is 12.6. The molecule has 0 fully saturated rings. The fourth-order valence-corrected chi connectivity index (χ4v) is 2.02. The van der Waals surface area contributed by atoms with Crippen LogP contribution >= 0.6 is 11.6 Å². The molecule has 0 bridgehead atoms. The Bertz CT molecular complexity index is 404. The molecule has 0 aliphatic rings. The van der Waals surface area contributed by atoms with E-state index < -0.39 is 0 Å². The van der Waals surface area contributed by atoms with Crippen molar-refractivity contribution in [3.8, 4) is 5.75 Å². The Balaban J connectivity index is 3.03. The lowest BCUT2D eigenvalue weighted by molar-refractivity contribution is 0.0922. The largest absolute Gasteiger partial charge is 0.497 e. The number of rotatable bonds is 5. The number of benzene rings is 1. The molecule has 1 rings (SSSR count). The van der Waals surface area contributed by atoms with Crippen molar-refractivity contribution in [2.24, 2.45) is 5.92 Å². The summed E-state index contributed by atoms with van der Waals surface area (Å²) in [4.78, 5) is 12.3. The molecule has 0 saturated heterocycles. The van der Waals surface area contributed by atoms with Crippen LogP contribution in [0.3, 0.4) is 0 Å². The van der Waals surface area contributed by atoms with Crippen molar-refractivity contribution in [2.75, 3.05) is 14.2 Å². The van der Waals surface area contributed by atoms with Crippen molar-refractivity contribution in [1.82, 2.24) is 5.32 Å². The summed E-state index contributed by atoms with van der Waals surface area (Å²) in [5, 5.41) is 3.44. The zero-order chi connectivity index (χ0) is 13.0. The summed E-state index contributed by atoms with van der Waals surface area (Å²) < 4.78 is 5.05. The van der Waals surface area contributed by atoms with Crippen molar-refractivity contribution in [3.63, 3.8) is 0 Å². The molecule has 0 spiro atoms. The standard InChI is InChI=1S/C13H18ClNO2/c1-8(2)12(15-3)13(16)10-6-5-9(17-4)7-11(10)14/h5-8,12,15H,1-4H3. The molecule has 1 unspecified atom stereocenters. The summed E-state index contributed by atoms with van der Waals surface area (Å²) in [6, 6.07) is 4.88. The van der Waals surface area contributed by atoms with E-state index in [0.29, 0.717) is 16.3 Å². The number of carbonyl (C=O) groups is 1. The van der Waals surface area contributed by atoms with Gasteiger partial charge >= 0.3 is 0 Å². The molecule has 1 aromatic rings. The predicted molar refractivity (Wildman–Crippen MR) is 70.0 cm³/mol. The molecule has 0 heterocycles. The second-order valence-corrected chi connectivity index (χ2v) is 4.63. The molecule has 94 valence electrons. The lowest BCUT2D eigenvalue weighted by Gasteiger charge is -2.19. The van der Waals surface area contributed by atoms with E-state index in [1.165, 1.54) is 0 Å². The first-order valence-electron chi connectivity index (χ1n) is 5.56. The van der Waals surface area contributed by atoms with Crippen LogP contribution in [0.2, 0.25) is 5.02 Å². The van der Waals surface area contributed by atoms with Gasteiger partial charge in [0.25, 0.3) is 0 Å². The molecular weight excluding hydrogens is 238 g/mol. The minimum atomic E-state index is -0.221. The van der Waals surface area contributed by atoms with Crippen LogP contribution in [0, 0.1) is 5.92 Å². The van der Waals surface area contributed by atoms with E-state index in [0.717, 1.165) is 0 Å². The van der Waals surface area contributed by atoms with Gasteiger partial charge in [0.1, 0.15) is 5.75 Å². The topological polar surface area (TPSA) is 38.3 Å². The number of halogens is 1. The van der Waals surface area contributed by atoms with Gasteiger partial charge < -0.3 is 10.1 Å². The Kier molecular flexibility index (Phi) is 4.97. The highest BCUT2D eigenvalue weighted by atomic mass is 35.5. The third-order valence-corrected chi connectivity index (χ3v) is 3.01. The number of hydrogen-bond donors (Lipinski definition) is 1. The maximum absolute atomic E-state index is 12.3. The summed E-state index contributed by atoms with van der Waals surface area (Å²) in [6.45, 7) is 3.99. The first kappa shape index (κ1) is 14.0. The summed E-state index contributed by atoms with van der Waals surface area (Å²) in [7, 11) is 3.34. The smallest absolute Gasteiger partial charge is 0.181 e. The van der Waals surface area contributed by atoms with E-state index in [1.807, 2.05) is 13.8 Å². The van der Waals surface area contributed by atoms with Crippen molar-refractivity contribution in [3.05, 3.63) is 28.8 Å². The van der Waals surface area contributed by atoms with Crippen molar-refractivity contribution >= 4 is 17.4 Å². The minimum absolute atomic E-state index is 0.00940. The molecule has 1 atom stereocenters. The Hall–Kier alpha value is -1.06. The summed E-state index contributed by atoms with van der Waals surface area (Å²) in [5.74, 6) is 0.873. The Morgan fingerprint density at radius 2 is 2.06 bits per heavy atom. The van der Waals surface area contributed by atoms with Gasteiger partial charge in [-0.15, -0.1) is 0 Å². The molecule has 0 saturated carbocycles. The molecule has 17 heavy (non-hydrogen) atoms. The van der Waals surface area contributed by atoms with E-state index in [-0.39, 0.29) is 17.7 Å². The number of nitrogens with one attached hydrogen (secondary N) is 1. The molecule has 0 amide bonds. The van der Waals surface area contributed by atoms with Gasteiger partial charge in [-0.1, -0.05) is 25.4 Å². The number of ether oxygens (including phenoxy) is 1. The Labute approximate surface area is 107 Å². The molecule has 0 aliphatic carbocycles. The molecule has 0 aromatic heterocycles. The molecule has 0 radical (unpaired) electrons. The minimum Gasteiger partial charge on any atom is -0.497 e. The number of Topliss-reactive ketones (excluding diaryl/α,β-unsaturated/α-hetero) is 1. The first-order chi connectivity index (χ1) is 8.01. The van der Waals surface area contributed by atoms with Gasteiger partial charge in [-0.3, -0.25) is 4.79 Å². The van der Waals surface area contributed by atoms with Gasteiger partial charge in [-0.2, -0.15) is 0 Å². The van der Waals surface area contributed by atoms with Gasteiger partial charge in [-0.25, -0.2) is 0 Å². The number of ketones is 1. The van der Waals surface area contributed by atoms with E-state index in [1.54, 1.807) is 32.4 Å². The second-order valence-electron chi connectivity index (χ2n) is 4.22. The second kappa shape index (κ2) is 6.03. The third kappa shape index (κ3) is 3.20. The fraction of sp³-hybridized carbons (Fsp3) is 0.462. The number of hydrogen-bond acceptors (Lipinski definition) is 3. The maximum atomic E-state index is 12.3. The van der Waals surface area contributed by atoms with Crippen molar-refractivity contribution in [1.29, 1.82) is 0 Å². The van der Waals surface area contributed by atoms with E-state index >= 15 is 0 Å². The SMILES string of the molecule is CNC(C(=O)c1ccc(OC)cc1Cl)C(C)C. The van der Waals surface area contributed by atoms with Crippen molar-refractivity contribution < 1.29 is 9.53 Å². The number of carbonyl (C=O) groups excluding carboxylic acids is 1. The lowest BCUT2D eigenvalue weighted by Crippen LogP contribution is -2.38. The van der Waals surface area contributed by atoms with Crippen LogP contribution in [-0.2, 0) is 0 Å². The van der Waals surface area contributed by atoms with Crippen molar-refractivity contribution in [2.45, 2.75) is 19.9 Å². The van der Waals surface area contributed by atoms with Crippen LogP contribution in [0.25, 0.3) is 0 Å². The maximum Gasteiger partial charge on any atom is 0.181 e. The summed E-state index contributed by atoms with van der Waals surface area (Å²) >= 11 is 6.08. The highest BCUT2D eigenvalue weighted by molar-refractivity contribution is 6.34. The number of likely N-dealkylation sites (N-methyl/N-ethyl adjacent to an activating group) is 1. The van der Waals surface area contributed by atoms with Gasteiger partial charge in [0.15, 0.2) is 5.78 Å². The van der Waals surface area contributed by atoms with Crippen LogP contribution in [0.5, 0.6) is 5.75 Å². The summed E-state index contributed by atoms with van der Waals surface area (Å²) in [5.41, 5.74) is 0.528. The first-order valence-corrected chi connectivity index (χ1v) is 5.94. The fourth-order valence-electron chi connectivity index (χ4n) is 1.76. The number of methoxy groups -OCH3 is 1. The lowest BCUT2D eigenvalue weighted by atomic mass is 9.95. The Morgan fingerprint density at radius 3 is 2.47 bits per heavy atom.